The van der Waals surface area contributed by atoms with Crippen molar-refractivity contribution in [2.45, 2.75) is 25.7 Å². The molecule has 0 fully saturated rings. The predicted octanol–water partition coefficient (Wildman–Crippen LogP) is 7.45. The molecule has 3 aromatic rings. The standard InChI is InChI=1S/C32H33ClO6/c1-3-31(34)38-21-7-5-19-36-27-14-9-24(10-15-27)26-13-18-29(30(33)23-26)25-11-16-28(17-12-25)37-20-6-8-22-39-32(35)4-2/h3-4,9-18,23H,1-2,5-8,19-22H2. The van der Waals surface area contributed by atoms with Gasteiger partial charge in [-0.25, -0.2) is 9.59 Å². The van der Waals surface area contributed by atoms with Gasteiger partial charge in [0.15, 0.2) is 0 Å². The number of rotatable bonds is 16. The first kappa shape index (κ1) is 29.5. The zero-order valence-electron chi connectivity index (χ0n) is 21.9. The van der Waals surface area contributed by atoms with E-state index >= 15 is 0 Å². The molecule has 0 unspecified atom stereocenters. The minimum Gasteiger partial charge on any atom is -0.494 e. The molecule has 0 saturated carbocycles. The lowest BCUT2D eigenvalue weighted by molar-refractivity contribution is -0.138. The second kappa shape index (κ2) is 16.0. The highest BCUT2D eigenvalue weighted by Gasteiger charge is 2.08. The lowest BCUT2D eigenvalue weighted by Crippen LogP contribution is -2.04. The number of esters is 2. The van der Waals surface area contributed by atoms with Crippen LogP contribution in [0.1, 0.15) is 25.7 Å². The Morgan fingerprint density at radius 1 is 0.615 bits per heavy atom. The van der Waals surface area contributed by atoms with Crippen molar-refractivity contribution in [1.82, 2.24) is 0 Å². The van der Waals surface area contributed by atoms with Gasteiger partial charge in [-0.2, -0.15) is 0 Å². The summed E-state index contributed by atoms with van der Waals surface area (Å²) in [6, 6.07) is 21.7. The fourth-order valence-electron chi connectivity index (χ4n) is 3.65. The number of hydrogen-bond donors (Lipinski definition) is 0. The Morgan fingerprint density at radius 2 is 1.05 bits per heavy atom. The molecule has 0 spiro atoms. The summed E-state index contributed by atoms with van der Waals surface area (Å²) in [6.07, 6.45) is 5.34. The fraction of sp³-hybridized carbons (Fsp3) is 0.250. The molecule has 0 N–H and O–H groups in total. The summed E-state index contributed by atoms with van der Waals surface area (Å²) in [7, 11) is 0. The topological polar surface area (TPSA) is 71.1 Å². The zero-order chi connectivity index (χ0) is 27.9. The molecule has 0 bridgehead atoms. The highest BCUT2D eigenvalue weighted by Crippen LogP contribution is 2.33. The number of unbranched alkanes of at least 4 members (excludes halogenated alkanes) is 2. The minimum atomic E-state index is -0.406. The number of carbonyl (C=O) groups is 2. The summed E-state index contributed by atoms with van der Waals surface area (Å²) in [4.78, 5) is 22.0. The molecule has 204 valence electrons. The average molecular weight is 549 g/mol. The van der Waals surface area contributed by atoms with E-state index in [9.17, 15) is 9.59 Å². The van der Waals surface area contributed by atoms with Crippen molar-refractivity contribution in [3.8, 4) is 33.8 Å². The molecule has 3 aromatic carbocycles. The van der Waals surface area contributed by atoms with E-state index < -0.39 is 11.9 Å². The van der Waals surface area contributed by atoms with E-state index in [2.05, 4.69) is 13.2 Å². The number of hydrogen-bond acceptors (Lipinski definition) is 6. The summed E-state index contributed by atoms with van der Waals surface area (Å²) < 4.78 is 21.5. The normalized spacial score (nSPS) is 10.4. The Balaban J connectivity index is 1.46. The Labute approximate surface area is 234 Å². The van der Waals surface area contributed by atoms with Crippen molar-refractivity contribution in [2.75, 3.05) is 26.4 Å². The van der Waals surface area contributed by atoms with Crippen LogP contribution < -0.4 is 9.47 Å². The van der Waals surface area contributed by atoms with Crippen LogP contribution in [0.5, 0.6) is 11.5 Å². The molecular formula is C32H33ClO6. The summed E-state index contributed by atoms with van der Waals surface area (Å²) >= 11 is 6.65. The molecule has 3 rings (SSSR count). The van der Waals surface area contributed by atoms with E-state index in [1.165, 1.54) is 0 Å². The SMILES string of the molecule is C=CC(=O)OCCCCOc1ccc(-c2ccc(-c3ccc(OCCCCOC(=O)C=C)cc3)c(Cl)c2)cc1. The fourth-order valence-corrected chi connectivity index (χ4v) is 3.94. The predicted molar refractivity (Wildman–Crippen MR) is 154 cm³/mol. The molecule has 7 heteroatoms. The van der Waals surface area contributed by atoms with E-state index in [1.54, 1.807) is 0 Å². The Bertz CT molecular complexity index is 1230. The monoisotopic (exact) mass is 548 g/mol. The van der Waals surface area contributed by atoms with Gasteiger partial charge in [-0.05, 0) is 72.7 Å². The minimum absolute atomic E-state index is 0.359. The van der Waals surface area contributed by atoms with Crippen LogP contribution in [-0.2, 0) is 19.1 Å². The number of benzene rings is 3. The van der Waals surface area contributed by atoms with Crippen LogP contribution in [0.15, 0.2) is 92.0 Å². The maximum Gasteiger partial charge on any atom is 0.330 e. The van der Waals surface area contributed by atoms with Gasteiger partial charge in [0.1, 0.15) is 11.5 Å². The Morgan fingerprint density at radius 3 is 1.51 bits per heavy atom. The van der Waals surface area contributed by atoms with Crippen molar-refractivity contribution >= 4 is 23.5 Å². The second-order valence-electron chi connectivity index (χ2n) is 8.60. The van der Waals surface area contributed by atoms with E-state index in [1.807, 2.05) is 66.7 Å². The van der Waals surface area contributed by atoms with Gasteiger partial charge in [-0.15, -0.1) is 0 Å². The van der Waals surface area contributed by atoms with Gasteiger partial charge in [-0.3, -0.25) is 0 Å². The van der Waals surface area contributed by atoms with Crippen LogP contribution in [0.3, 0.4) is 0 Å². The van der Waals surface area contributed by atoms with Crippen molar-refractivity contribution in [3.05, 3.63) is 97.1 Å². The maximum atomic E-state index is 11.0. The third-order valence-electron chi connectivity index (χ3n) is 5.76. The smallest absolute Gasteiger partial charge is 0.330 e. The molecule has 0 aliphatic rings. The van der Waals surface area contributed by atoms with Gasteiger partial charge < -0.3 is 18.9 Å². The molecule has 0 amide bonds. The highest BCUT2D eigenvalue weighted by molar-refractivity contribution is 6.33. The Hall–Kier alpha value is -4.03. The number of halogens is 1. The van der Waals surface area contributed by atoms with Crippen LogP contribution >= 0.6 is 11.6 Å². The van der Waals surface area contributed by atoms with Gasteiger partial charge in [0, 0.05) is 22.7 Å². The number of carbonyl (C=O) groups excluding carboxylic acids is 2. The van der Waals surface area contributed by atoms with Crippen molar-refractivity contribution in [2.24, 2.45) is 0 Å². The average Bonchev–Trinajstić information content (AvgIpc) is 2.97. The van der Waals surface area contributed by atoms with E-state index in [0.717, 1.165) is 71.6 Å². The largest absolute Gasteiger partial charge is 0.494 e. The van der Waals surface area contributed by atoms with Gasteiger partial charge in [0.05, 0.1) is 26.4 Å². The van der Waals surface area contributed by atoms with E-state index in [-0.39, 0.29) is 0 Å². The van der Waals surface area contributed by atoms with Gasteiger partial charge in [0.2, 0.25) is 0 Å². The van der Waals surface area contributed by atoms with Crippen molar-refractivity contribution in [3.63, 3.8) is 0 Å². The molecule has 0 atom stereocenters. The summed E-state index contributed by atoms with van der Waals surface area (Å²) in [5.41, 5.74) is 3.99. The lowest BCUT2D eigenvalue weighted by atomic mass is 10.00. The molecule has 0 radical (unpaired) electrons. The molecule has 6 nitrogen and oxygen atoms in total. The molecule has 0 aliphatic carbocycles. The van der Waals surface area contributed by atoms with Gasteiger partial charge in [-0.1, -0.05) is 61.2 Å². The Kier molecular flexibility index (Phi) is 12.1. The molecule has 0 saturated heterocycles. The summed E-state index contributed by atoms with van der Waals surface area (Å²) in [5.74, 6) is 0.740. The molecular weight excluding hydrogens is 516 g/mol. The van der Waals surface area contributed by atoms with E-state index in [0.29, 0.717) is 31.5 Å². The van der Waals surface area contributed by atoms with E-state index in [4.69, 9.17) is 30.5 Å². The first-order valence-corrected chi connectivity index (χ1v) is 13.2. The first-order chi connectivity index (χ1) is 19.0. The van der Waals surface area contributed by atoms with Crippen LogP contribution in [0.4, 0.5) is 0 Å². The van der Waals surface area contributed by atoms with Crippen molar-refractivity contribution < 1.29 is 28.5 Å². The van der Waals surface area contributed by atoms with Crippen LogP contribution in [-0.4, -0.2) is 38.4 Å². The lowest BCUT2D eigenvalue weighted by Gasteiger charge is -2.11. The molecule has 0 heterocycles. The third kappa shape index (κ3) is 9.98. The molecule has 0 aromatic heterocycles. The van der Waals surface area contributed by atoms with Crippen LogP contribution in [0.2, 0.25) is 5.02 Å². The van der Waals surface area contributed by atoms with Gasteiger partial charge >= 0.3 is 11.9 Å². The maximum absolute atomic E-state index is 11.0. The van der Waals surface area contributed by atoms with Gasteiger partial charge in [0.25, 0.3) is 0 Å². The first-order valence-electron chi connectivity index (χ1n) is 12.8. The molecule has 39 heavy (non-hydrogen) atoms. The van der Waals surface area contributed by atoms with Crippen LogP contribution in [0.25, 0.3) is 22.3 Å². The van der Waals surface area contributed by atoms with Crippen LogP contribution in [0, 0.1) is 0 Å². The third-order valence-corrected chi connectivity index (χ3v) is 6.07. The summed E-state index contributed by atoms with van der Waals surface area (Å²) in [6.45, 7) is 8.54. The molecule has 0 aliphatic heterocycles. The highest BCUT2D eigenvalue weighted by atomic mass is 35.5. The quantitative estimate of drug-likeness (QED) is 0.105. The second-order valence-corrected chi connectivity index (χ2v) is 9.00. The summed E-state index contributed by atoms with van der Waals surface area (Å²) in [5, 5.41) is 0.660. The number of ether oxygens (including phenoxy) is 4. The van der Waals surface area contributed by atoms with Crippen molar-refractivity contribution in [1.29, 1.82) is 0 Å². The zero-order valence-corrected chi connectivity index (χ0v) is 22.7.